The lowest BCUT2D eigenvalue weighted by molar-refractivity contribution is -0.591. The zero-order chi connectivity index (χ0) is 23.4. The zero-order valence-corrected chi connectivity index (χ0v) is 20.1. The standard InChI is InChI=1S/C30H32NO2/c1-21(2)32-28-15-11-24(12-16-28)26-19-23(5)31(27-9-7-6-8-10-27)30(20-26)25-13-17-29(18-14-25)33-22(3)4/h6-22H,1-5H3/q+1. The van der Waals surface area contributed by atoms with Gasteiger partial charge in [-0.05, 0) is 75.2 Å². The van der Waals surface area contributed by atoms with E-state index >= 15 is 0 Å². The fourth-order valence-corrected chi connectivity index (χ4v) is 4.01. The van der Waals surface area contributed by atoms with E-state index in [1.165, 1.54) is 11.3 Å². The van der Waals surface area contributed by atoms with Gasteiger partial charge < -0.3 is 9.47 Å². The van der Waals surface area contributed by atoms with Crippen molar-refractivity contribution < 1.29 is 14.0 Å². The first-order chi connectivity index (χ1) is 15.9. The van der Waals surface area contributed by atoms with E-state index in [-0.39, 0.29) is 12.2 Å². The summed E-state index contributed by atoms with van der Waals surface area (Å²) < 4.78 is 14.0. The van der Waals surface area contributed by atoms with E-state index in [0.29, 0.717) is 0 Å². The highest BCUT2D eigenvalue weighted by molar-refractivity contribution is 5.70. The van der Waals surface area contributed by atoms with E-state index < -0.39 is 0 Å². The largest absolute Gasteiger partial charge is 0.491 e. The molecule has 4 aromatic rings. The third kappa shape index (κ3) is 5.43. The molecule has 0 atom stereocenters. The Balaban J connectivity index is 1.81. The van der Waals surface area contributed by atoms with Gasteiger partial charge in [0, 0.05) is 36.8 Å². The molecule has 0 spiro atoms. The van der Waals surface area contributed by atoms with Gasteiger partial charge in [0.15, 0.2) is 5.69 Å². The van der Waals surface area contributed by atoms with Gasteiger partial charge in [-0.2, -0.15) is 4.57 Å². The molecule has 33 heavy (non-hydrogen) atoms. The molecule has 3 heteroatoms. The van der Waals surface area contributed by atoms with Crippen LogP contribution in [0.15, 0.2) is 91.0 Å². The molecule has 0 aliphatic heterocycles. The number of aryl methyl sites for hydroxylation is 1. The van der Waals surface area contributed by atoms with Gasteiger partial charge in [0.05, 0.1) is 12.2 Å². The van der Waals surface area contributed by atoms with Crippen molar-refractivity contribution in [2.45, 2.75) is 46.8 Å². The molecular weight excluding hydrogens is 406 g/mol. The Labute approximate surface area is 197 Å². The van der Waals surface area contributed by atoms with E-state index in [0.717, 1.165) is 34.0 Å². The number of rotatable bonds is 7. The molecule has 1 heterocycles. The van der Waals surface area contributed by atoms with Gasteiger partial charge in [-0.15, -0.1) is 0 Å². The summed E-state index contributed by atoms with van der Waals surface area (Å²) in [6.07, 6.45) is 0.312. The van der Waals surface area contributed by atoms with Crippen molar-refractivity contribution in [1.29, 1.82) is 0 Å². The fraction of sp³-hybridized carbons (Fsp3) is 0.233. The number of pyridine rings is 1. The summed E-state index contributed by atoms with van der Waals surface area (Å²) in [5.41, 5.74) is 6.91. The highest BCUT2D eigenvalue weighted by atomic mass is 16.5. The van der Waals surface area contributed by atoms with Crippen molar-refractivity contribution >= 4 is 0 Å². The van der Waals surface area contributed by atoms with Crippen LogP contribution in [0.25, 0.3) is 28.1 Å². The second kappa shape index (κ2) is 9.91. The summed E-state index contributed by atoms with van der Waals surface area (Å²) in [5, 5.41) is 0. The predicted molar refractivity (Wildman–Crippen MR) is 135 cm³/mol. The SMILES string of the molecule is Cc1cc(-c2ccc(OC(C)C)cc2)cc(-c2ccc(OC(C)C)cc2)[n+]1-c1ccccc1. The maximum atomic E-state index is 5.86. The highest BCUT2D eigenvalue weighted by Gasteiger charge is 2.21. The number of para-hydroxylation sites is 1. The lowest BCUT2D eigenvalue weighted by Crippen LogP contribution is -2.36. The average Bonchev–Trinajstić information content (AvgIpc) is 2.79. The Morgan fingerprint density at radius 1 is 0.576 bits per heavy atom. The van der Waals surface area contributed by atoms with Gasteiger partial charge >= 0.3 is 0 Å². The molecule has 0 aliphatic carbocycles. The van der Waals surface area contributed by atoms with Gasteiger partial charge in [0.1, 0.15) is 11.5 Å². The molecule has 3 nitrogen and oxygen atoms in total. The Kier molecular flexibility index (Phi) is 6.79. The smallest absolute Gasteiger partial charge is 0.219 e. The van der Waals surface area contributed by atoms with E-state index in [2.05, 4.69) is 72.2 Å². The molecule has 0 N–H and O–H groups in total. The molecule has 0 fully saturated rings. The van der Waals surface area contributed by atoms with Gasteiger partial charge in [-0.25, -0.2) is 0 Å². The monoisotopic (exact) mass is 438 g/mol. The van der Waals surface area contributed by atoms with Crippen LogP contribution in [0, 0.1) is 6.92 Å². The van der Waals surface area contributed by atoms with Crippen LogP contribution in [0.4, 0.5) is 0 Å². The Hall–Kier alpha value is -3.59. The minimum absolute atomic E-state index is 0.151. The first-order valence-corrected chi connectivity index (χ1v) is 11.6. The summed E-state index contributed by atoms with van der Waals surface area (Å²) in [6, 6.07) is 31.7. The van der Waals surface area contributed by atoms with Crippen LogP contribution in [-0.4, -0.2) is 12.2 Å². The minimum Gasteiger partial charge on any atom is -0.491 e. The number of ether oxygens (including phenoxy) is 2. The molecule has 4 rings (SSSR count). The molecule has 0 saturated heterocycles. The quantitative estimate of drug-likeness (QED) is 0.285. The van der Waals surface area contributed by atoms with E-state index in [1.54, 1.807) is 0 Å². The van der Waals surface area contributed by atoms with Gasteiger partial charge in [-0.1, -0.05) is 30.3 Å². The van der Waals surface area contributed by atoms with Crippen LogP contribution < -0.4 is 14.0 Å². The van der Waals surface area contributed by atoms with Gasteiger partial charge in [0.2, 0.25) is 11.4 Å². The highest BCUT2D eigenvalue weighted by Crippen LogP contribution is 2.29. The molecule has 0 saturated carbocycles. The predicted octanol–water partition coefficient (Wildman–Crippen LogP) is 7.18. The van der Waals surface area contributed by atoms with E-state index in [9.17, 15) is 0 Å². The Morgan fingerprint density at radius 2 is 1.09 bits per heavy atom. The van der Waals surface area contributed by atoms with Crippen LogP contribution >= 0.6 is 0 Å². The average molecular weight is 439 g/mol. The van der Waals surface area contributed by atoms with Crippen molar-refractivity contribution in [3.05, 3.63) is 96.7 Å². The Bertz CT molecular complexity index is 1190. The maximum Gasteiger partial charge on any atom is 0.219 e. The molecular formula is C30H32NO2+. The number of hydrogen-bond acceptors (Lipinski definition) is 2. The number of aromatic nitrogens is 1. The molecule has 168 valence electrons. The molecule has 0 radical (unpaired) electrons. The van der Waals surface area contributed by atoms with Crippen LogP contribution in [0.1, 0.15) is 33.4 Å². The molecule has 0 unspecified atom stereocenters. The van der Waals surface area contributed by atoms with E-state index in [4.69, 9.17) is 9.47 Å². The number of hydrogen-bond donors (Lipinski definition) is 0. The topological polar surface area (TPSA) is 22.3 Å². The number of benzene rings is 3. The first kappa shape index (κ1) is 22.6. The van der Waals surface area contributed by atoms with Gasteiger partial charge in [-0.3, -0.25) is 0 Å². The summed E-state index contributed by atoms with van der Waals surface area (Å²) in [6.45, 7) is 10.3. The molecule has 0 bridgehead atoms. The molecule has 0 amide bonds. The summed E-state index contributed by atoms with van der Waals surface area (Å²) in [4.78, 5) is 0. The molecule has 0 aliphatic rings. The van der Waals surface area contributed by atoms with Crippen molar-refractivity contribution in [1.82, 2.24) is 0 Å². The summed E-state index contributed by atoms with van der Waals surface area (Å²) >= 11 is 0. The van der Waals surface area contributed by atoms with Crippen LogP contribution in [0.3, 0.4) is 0 Å². The lowest BCUT2D eigenvalue weighted by Gasteiger charge is -2.13. The van der Waals surface area contributed by atoms with Crippen molar-refractivity contribution in [3.8, 4) is 39.6 Å². The van der Waals surface area contributed by atoms with Gasteiger partial charge in [0.25, 0.3) is 0 Å². The minimum atomic E-state index is 0.151. The fourth-order valence-electron chi connectivity index (χ4n) is 4.01. The lowest BCUT2D eigenvalue weighted by atomic mass is 10.0. The third-order valence-corrected chi connectivity index (χ3v) is 5.35. The Morgan fingerprint density at radius 3 is 1.61 bits per heavy atom. The zero-order valence-electron chi connectivity index (χ0n) is 20.1. The summed E-state index contributed by atoms with van der Waals surface area (Å²) in [5.74, 6) is 1.77. The third-order valence-electron chi connectivity index (χ3n) is 5.35. The molecule has 3 aromatic carbocycles. The first-order valence-electron chi connectivity index (χ1n) is 11.6. The maximum absolute atomic E-state index is 5.86. The van der Waals surface area contributed by atoms with Crippen LogP contribution in [0.2, 0.25) is 0 Å². The second-order valence-electron chi connectivity index (χ2n) is 8.82. The summed E-state index contributed by atoms with van der Waals surface area (Å²) in [7, 11) is 0. The van der Waals surface area contributed by atoms with E-state index in [1.807, 2.05) is 58.0 Å². The number of nitrogens with zero attached hydrogens (tertiary/aromatic N) is 1. The van der Waals surface area contributed by atoms with Crippen LogP contribution in [-0.2, 0) is 0 Å². The van der Waals surface area contributed by atoms with Crippen molar-refractivity contribution in [2.24, 2.45) is 0 Å². The van der Waals surface area contributed by atoms with Crippen LogP contribution in [0.5, 0.6) is 11.5 Å². The molecule has 1 aromatic heterocycles. The van der Waals surface area contributed by atoms with Crippen molar-refractivity contribution in [3.63, 3.8) is 0 Å². The van der Waals surface area contributed by atoms with Crippen molar-refractivity contribution in [2.75, 3.05) is 0 Å². The normalized spacial score (nSPS) is 11.1. The second-order valence-corrected chi connectivity index (χ2v) is 8.82.